The molecule has 6 heteroatoms. The van der Waals surface area contributed by atoms with Crippen LogP contribution in [0.4, 0.5) is 4.39 Å². The molecule has 0 N–H and O–H groups in total. The fourth-order valence-electron chi connectivity index (χ4n) is 3.94. The zero-order valence-corrected chi connectivity index (χ0v) is 19.3. The third kappa shape index (κ3) is 6.55. The maximum atomic E-state index is 13.5. The summed E-state index contributed by atoms with van der Waals surface area (Å²) in [6, 6.07) is 14.1. The normalized spacial score (nSPS) is 17.4. The van der Waals surface area contributed by atoms with Crippen molar-refractivity contribution in [2.24, 2.45) is 5.41 Å². The summed E-state index contributed by atoms with van der Waals surface area (Å²) in [7, 11) is 1.82. The number of nitrogens with zero attached hydrogens (tertiary/aromatic N) is 2. The third-order valence-electron chi connectivity index (χ3n) is 5.84. The van der Waals surface area contributed by atoms with E-state index in [2.05, 4.69) is 0 Å². The molecular weight excluding hydrogens is 407 g/mol. The lowest BCUT2D eigenvalue weighted by atomic mass is 9.92. The highest BCUT2D eigenvalue weighted by Gasteiger charge is 2.31. The summed E-state index contributed by atoms with van der Waals surface area (Å²) in [5.74, 6) is 0.495. The number of fused-ring (bicyclic) bond motifs is 2. The van der Waals surface area contributed by atoms with Gasteiger partial charge in [-0.2, -0.15) is 0 Å². The molecule has 172 valence electrons. The van der Waals surface area contributed by atoms with Crippen molar-refractivity contribution in [1.82, 2.24) is 9.80 Å². The molecule has 2 aromatic rings. The number of halogens is 1. The highest BCUT2D eigenvalue weighted by molar-refractivity contribution is 5.82. The number of hydrogen-bond acceptors (Lipinski definition) is 3. The highest BCUT2D eigenvalue weighted by Crippen LogP contribution is 2.23. The van der Waals surface area contributed by atoms with Crippen LogP contribution in [0.15, 0.2) is 48.5 Å². The van der Waals surface area contributed by atoms with Gasteiger partial charge in [0, 0.05) is 33.1 Å². The van der Waals surface area contributed by atoms with Crippen LogP contribution in [-0.4, -0.2) is 48.4 Å². The third-order valence-corrected chi connectivity index (χ3v) is 5.84. The molecule has 0 atom stereocenters. The molecule has 2 amide bonds. The summed E-state index contributed by atoms with van der Waals surface area (Å²) in [6.45, 7) is 5.84. The minimum Gasteiger partial charge on any atom is -0.492 e. The number of hydrogen-bond donors (Lipinski definition) is 0. The second kappa shape index (κ2) is 10.6. The van der Waals surface area contributed by atoms with Crippen LogP contribution < -0.4 is 4.74 Å². The molecule has 0 aliphatic carbocycles. The van der Waals surface area contributed by atoms with Crippen molar-refractivity contribution in [1.29, 1.82) is 0 Å². The molecule has 5 nitrogen and oxygen atoms in total. The van der Waals surface area contributed by atoms with Crippen molar-refractivity contribution in [2.75, 3.05) is 26.7 Å². The largest absolute Gasteiger partial charge is 0.492 e. The minimum absolute atomic E-state index is 0.0400. The first-order valence-corrected chi connectivity index (χ1v) is 11.2. The molecule has 0 radical (unpaired) electrons. The molecule has 2 aromatic carbocycles. The monoisotopic (exact) mass is 440 g/mol. The van der Waals surface area contributed by atoms with Crippen molar-refractivity contribution < 1.29 is 18.7 Å². The van der Waals surface area contributed by atoms with Crippen LogP contribution in [0.3, 0.4) is 0 Å². The molecule has 0 aromatic heterocycles. The standard InChI is InChI=1S/C26H33FN2O3/c1-26(2)19-32-23-11-7-9-21(17-23)18-29(15-5-4-14-28(3)25(26)31)24(30)13-12-20-8-6-10-22(27)16-20/h6-11,16-17H,4-5,12-15,18-19H2,1-3H3. The van der Waals surface area contributed by atoms with Crippen molar-refractivity contribution in [3.63, 3.8) is 0 Å². The van der Waals surface area contributed by atoms with Crippen molar-refractivity contribution >= 4 is 11.8 Å². The molecule has 0 unspecified atom stereocenters. The number of benzene rings is 2. The van der Waals surface area contributed by atoms with E-state index in [1.54, 1.807) is 11.0 Å². The SMILES string of the molecule is CN1CCCCN(C(=O)CCc2cccc(F)c2)Cc2cccc(c2)OCC(C)(C)C1=O. The Morgan fingerprint density at radius 1 is 1.09 bits per heavy atom. The lowest BCUT2D eigenvalue weighted by Gasteiger charge is -2.30. The smallest absolute Gasteiger partial charge is 0.231 e. The van der Waals surface area contributed by atoms with E-state index in [4.69, 9.17) is 4.74 Å². The van der Waals surface area contributed by atoms with Gasteiger partial charge in [-0.15, -0.1) is 0 Å². The first-order valence-electron chi connectivity index (χ1n) is 11.2. The second-order valence-electron chi connectivity index (χ2n) is 9.20. The molecule has 0 saturated carbocycles. The minimum atomic E-state index is -0.617. The van der Waals surface area contributed by atoms with Crippen LogP contribution in [0.1, 0.15) is 44.2 Å². The maximum Gasteiger partial charge on any atom is 0.231 e. The average molecular weight is 441 g/mol. The lowest BCUT2D eigenvalue weighted by molar-refractivity contribution is -0.140. The number of rotatable bonds is 3. The van der Waals surface area contributed by atoms with Crippen LogP contribution >= 0.6 is 0 Å². The van der Waals surface area contributed by atoms with Gasteiger partial charge in [-0.25, -0.2) is 4.39 Å². The van der Waals surface area contributed by atoms with Crippen LogP contribution in [0.2, 0.25) is 0 Å². The molecule has 1 aliphatic rings. The fraction of sp³-hybridized carbons (Fsp3) is 0.462. The average Bonchev–Trinajstić information content (AvgIpc) is 2.77. The van der Waals surface area contributed by atoms with E-state index in [0.29, 0.717) is 38.2 Å². The lowest BCUT2D eigenvalue weighted by Crippen LogP contribution is -2.42. The van der Waals surface area contributed by atoms with Gasteiger partial charge in [0.05, 0.1) is 5.41 Å². The van der Waals surface area contributed by atoms with Gasteiger partial charge in [0.1, 0.15) is 18.2 Å². The van der Waals surface area contributed by atoms with Crippen molar-refractivity contribution in [3.05, 3.63) is 65.5 Å². The van der Waals surface area contributed by atoms with Gasteiger partial charge in [-0.3, -0.25) is 9.59 Å². The Hall–Kier alpha value is -2.89. The van der Waals surface area contributed by atoms with E-state index in [1.807, 2.05) is 56.1 Å². The zero-order chi connectivity index (χ0) is 23.1. The van der Waals surface area contributed by atoms with Gasteiger partial charge < -0.3 is 14.5 Å². The van der Waals surface area contributed by atoms with Gasteiger partial charge in [0.15, 0.2) is 0 Å². The molecule has 0 spiro atoms. The van der Waals surface area contributed by atoms with E-state index in [0.717, 1.165) is 24.0 Å². The Bertz CT molecular complexity index is 944. The van der Waals surface area contributed by atoms with E-state index < -0.39 is 5.41 Å². The first-order chi connectivity index (χ1) is 15.2. The van der Waals surface area contributed by atoms with E-state index in [9.17, 15) is 14.0 Å². The molecule has 3 rings (SSSR count). The number of carbonyl (C=O) groups excluding carboxylic acids is 2. The predicted octanol–water partition coefficient (Wildman–Crippen LogP) is 4.44. The molecule has 32 heavy (non-hydrogen) atoms. The van der Waals surface area contributed by atoms with Gasteiger partial charge in [0.2, 0.25) is 11.8 Å². The summed E-state index contributed by atoms with van der Waals surface area (Å²) in [4.78, 5) is 29.5. The van der Waals surface area contributed by atoms with Gasteiger partial charge in [0.25, 0.3) is 0 Å². The van der Waals surface area contributed by atoms with Gasteiger partial charge in [-0.05, 0) is 68.5 Å². The molecule has 1 aliphatic heterocycles. The predicted molar refractivity (Wildman–Crippen MR) is 123 cm³/mol. The zero-order valence-electron chi connectivity index (χ0n) is 19.3. The fourth-order valence-corrected chi connectivity index (χ4v) is 3.94. The molecule has 1 heterocycles. The van der Waals surface area contributed by atoms with Crippen LogP contribution in [-0.2, 0) is 22.6 Å². The van der Waals surface area contributed by atoms with E-state index in [1.165, 1.54) is 12.1 Å². The summed E-state index contributed by atoms with van der Waals surface area (Å²) in [5.41, 5.74) is 1.19. The van der Waals surface area contributed by atoms with Gasteiger partial charge in [-0.1, -0.05) is 24.3 Å². The summed E-state index contributed by atoms with van der Waals surface area (Å²) in [6.07, 6.45) is 2.45. The summed E-state index contributed by atoms with van der Waals surface area (Å²) >= 11 is 0. The molecule has 0 fully saturated rings. The maximum absolute atomic E-state index is 13.5. The Labute approximate surface area is 190 Å². The number of carbonyl (C=O) groups is 2. The quantitative estimate of drug-likeness (QED) is 0.709. The number of amides is 2. The second-order valence-corrected chi connectivity index (χ2v) is 9.20. The Balaban J connectivity index is 1.74. The van der Waals surface area contributed by atoms with Crippen LogP contribution in [0.5, 0.6) is 5.75 Å². The summed E-state index contributed by atoms with van der Waals surface area (Å²) in [5, 5.41) is 0. The van der Waals surface area contributed by atoms with Crippen molar-refractivity contribution in [2.45, 2.75) is 46.1 Å². The first kappa shape index (κ1) is 23.8. The highest BCUT2D eigenvalue weighted by atomic mass is 19.1. The van der Waals surface area contributed by atoms with E-state index >= 15 is 0 Å². The number of aryl methyl sites for hydroxylation is 1. The Morgan fingerprint density at radius 2 is 1.84 bits per heavy atom. The topological polar surface area (TPSA) is 49.9 Å². The molecule has 0 saturated heterocycles. The van der Waals surface area contributed by atoms with Crippen LogP contribution in [0.25, 0.3) is 0 Å². The molecule has 2 bridgehead atoms. The Morgan fingerprint density at radius 3 is 2.62 bits per heavy atom. The van der Waals surface area contributed by atoms with Gasteiger partial charge >= 0.3 is 0 Å². The van der Waals surface area contributed by atoms with Crippen LogP contribution in [0, 0.1) is 11.2 Å². The van der Waals surface area contributed by atoms with E-state index in [-0.39, 0.29) is 24.2 Å². The Kier molecular flexibility index (Phi) is 7.89. The van der Waals surface area contributed by atoms with Crippen molar-refractivity contribution in [3.8, 4) is 5.75 Å². The number of ether oxygens (including phenoxy) is 1. The molecular formula is C26H33FN2O3. The summed E-state index contributed by atoms with van der Waals surface area (Å²) < 4.78 is 19.4.